The lowest BCUT2D eigenvalue weighted by molar-refractivity contribution is 0.0532. The maximum absolute atomic E-state index is 6.16. The number of para-hydroxylation sites is 1. The largest absolute Gasteiger partial charge is 0.381 e. The number of nitrogens with one attached hydrogen (secondary N) is 1. The molecule has 1 saturated heterocycles. The summed E-state index contributed by atoms with van der Waals surface area (Å²) in [5.41, 5.74) is 11.5. The number of fused-ring (bicyclic) bond motifs is 1. The number of aryl methyl sites for hydroxylation is 2. The number of rotatable bonds is 2. The van der Waals surface area contributed by atoms with Gasteiger partial charge in [-0.2, -0.15) is 0 Å². The number of aromatic amines is 1. The van der Waals surface area contributed by atoms with Crippen LogP contribution in [0.5, 0.6) is 0 Å². The minimum Gasteiger partial charge on any atom is -0.381 e. The van der Waals surface area contributed by atoms with Gasteiger partial charge < -0.3 is 15.5 Å². The summed E-state index contributed by atoms with van der Waals surface area (Å²) in [6, 6.07) is 6.51. The van der Waals surface area contributed by atoms with Gasteiger partial charge in [-0.25, -0.2) is 0 Å². The lowest BCUT2D eigenvalue weighted by atomic mass is 9.73. The third-order valence-corrected chi connectivity index (χ3v) is 4.60. The molecule has 3 heteroatoms. The van der Waals surface area contributed by atoms with Crippen molar-refractivity contribution in [3.8, 4) is 0 Å². The van der Waals surface area contributed by atoms with Crippen LogP contribution in [0.2, 0.25) is 0 Å². The topological polar surface area (TPSA) is 51.0 Å². The highest BCUT2D eigenvalue weighted by molar-refractivity contribution is 5.88. The van der Waals surface area contributed by atoms with Crippen molar-refractivity contribution in [2.75, 3.05) is 19.8 Å². The van der Waals surface area contributed by atoms with E-state index in [0.717, 1.165) is 26.1 Å². The summed E-state index contributed by atoms with van der Waals surface area (Å²) in [5.74, 6) is 0. The van der Waals surface area contributed by atoms with Crippen LogP contribution in [0, 0.1) is 13.8 Å². The minimum absolute atomic E-state index is 0.0778. The molecule has 19 heavy (non-hydrogen) atoms. The molecule has 3 rings (SSSR count). The van der Waals surface area contributed by atoms with E-state index >= 15 is 0 Å². The van der Waals surface area contributed by atoms with E-state index in [1.165, 1.54) is 27.7 Å². The van der Waals surface area contributed by atoms with E-state index in [-0.39, 0.29) is 5.41 Å². The van der Waals surface area contributed by atoms with Crippen LogP contribution in [0.3, 0.4) is 0 Å². The van der Waals surface area contributed by atoms with Crippen LogP contribution in [-0.2, 0) is 10.2 Å². The van der Waals surface area contributed by atoms with Gasteiger partial charge in [-0.15, -0.1) is 0 Å². The summed E-state index contributed by atoms with van der Waals surface area (Å²) in [5, 5.41) is 1.34. The van der Waals surface area contributed by atoms with Crippen molar-refractivity contribution in [3.63, 3.8) is 0 Å². The van der Waals surface area contributed by atoms with Gasteiger partial charge in [0, 0.05) is 41.8 Å². The van der Waals surface area contributed by atoms with E-state index < -0.39 is 0 Å². The van der Waals surface area contributed by atoms with Crippen LogP contribution in [0.1, 0.15) is 29.7 Å². The zero-order valence-electron chi connectivity index (χ0n) is 11.8. The number of benzene rings is 1. The maximum atomic E-state index is 6.16. The number of H-pyrrole nitrogens is 1. The normalized spacial score (nSPS) is 18.9. The summed E-state index contributed by atoms with van der Waals surface area (Å²) in [4.78, 5) is 3.56. The Bertz CT molecular complexity index is 594. The molecule has 0 bridgehead atoms. The summed E-state index contributed by atoms with van der Waals surface area (Å²) < 4.78 is 5.53. The molecule has 1 aromatic carbocycles. The van der Waals surface area contributed by atoms with Gasteiger partial charge in [0.25, 0.3) is 0 Å². The Hall–Kier alpha value is -1.32. The quantitative estimate of drug-likeness (QED) is 0.870. The average Bonchev–Trinajstić information content (AvgIpc) is 2.78. The van der Waals surface area contributed by atoms with Crippen molar-refractivity contribution in [2.24, 2.45) is 5.73 Å². The molecule has 0 radical (unpaired) electrons. The highest BCUT2D eigenvalue weighted by Crippen LogP contribution is 2.40. The van der Waals surface area contributed by atoms with E-state index in [1.54, 1.807) is 0 Å². The van der Waals surface area contributed by atoms with Crippen molar-refractivity contribution in [1.82, 2.24) is 4.98 Å². The molecule has 2 heterocycles. The summed E-state index contributed by atoms with van der Waals surface area (Å²) in [7, 11) is 0. The molecule has 0 aliphatic carbocycles. The second-order valence-corrected chi connectivity index (χ2v) is 5.72. The first-order valence-corrected chi connectivity index (χ1v) is 7.04. The predicted molar refractivity (Wildman–Crippen MR) is 78.6 cm³/mol. The minimum atomic E-state index is 0.0778. The standard InChI is InChI=1S/C16H22N2O/c1-11-4-3-5-13-14(12(2)18-15(11)13)16(10-17)6-8-19-9-7-16/h3-5,18H,6-10,17H2,1-2H3. The first-order valence-electron chi connectivity index (χ1n) is 7.04. The van der Waals surface area contributed by atoms with Gasteiger partial charge in [0.1, 0.15) is 0 Å². The Balaban J connectivity index is 2.23. The van der Waals surface area contributed by atoms with Gasteiger partial charge in [-0.3, -0.25) is 0 Å². The number of hydrogen-bond donors (Lipinski definition) is 2. The smallest absolute Gasteiger partial charge is 0.0488 e. The van der Waals surface area contributed by atoms with Gasteiger partial charge in [0.05, 0.1) is 0 Å². The molecule has 0 amide bonds. The maximum Gasteiger partial charge on any atom is 0.0488 e. The van der Waals surface area contributed by atoms with Crippen molar-refractivity contribution in [2.45, 2.75) is 32.1 Å². The molecular formula is C16H22N2O. The molecule has 2 aromatic rings. The second-order valence-electron chi connectivity index (χ2n) is 5.72. The van der Waals surface area contributed by atoms with Crippen molar-refractivity contribution in [3.05, 3.63) is 35.0 Å². The Morgan fingerprint density at radius 1 is 1.26 bits per heavy atom. The van der Waals surface area contributed by atoms with Gasteiger partial charge in [0.15, 0.2) is 0 Å². The van der Waals surface area contributed by atoms with Crippen LogP contribution in [0.15, 0.2) is 18.2 Å². The van der Waals surface area contributed by atoms with Crippen LogP contribution in [0.4, 0.5) is 0 Å². The molecule has 0 unspecified atom stereocenters. The molecule has 1 aliphatic rings. The molecule has 0 atom stereocenters. The summed E-state index contributed by atoms with van der Waals surface area (Å²) in [6.45, 7) is 6.64. The summed E-state index contributed by atoms with van der Waals surface area (Å²) >= 11 is 0. The fourth-order valence-electron chi connectivity index (χ4n) is 3.50. The van der Waals surface area contributed by atoms with E-state index in [1.807, 2.05) is 0 Å². The third kappa shape index (κ3) is 1.88. The van der Waals surface area contributed by atoms with E-state index in [9.17, 15) is 0 Å². The van der Waals surface area contributed by atoms with Crippen LogP contribution in [-0.4, -0.2) is 24.7 Å². The number of aromatic nitrogens is 1. The molecule has 1 aliphatic heterocycles. The van der Waals surface area contributed by atoms with Crippen molar-refractivity contribution >= 4 is 10.9 Å². The lowest BCUT2D eigenvalue weighted by Gasteiger charge is -2.37. The van der Waals surface area contributed by atoms with Crippen molar-refractivity contribution < 1.29 is 4.74 Å². The Labute approximate surface area is 114 Å². The zero-order valence-corrected chi connectivity index (χ0v) is 11.8. The molecule has 102 valence electrons. The molecule has 1 aromatic heterocycles. The highest BCUT2D eigenvalue weighted by atomic mass is 16.5. The highest BCUT2D eigenvalue weighted by Gasteiger charge is 2.36. The van der Waals surface area contributed by atoms with Crippen LogP contribution >= 0.6 is 0 Å². The predicted octanol–water partition coefficient (Wildman–Crippen LogP) is 2.79. The van der Waals surface area contributed by atoms with Gasteiger partial charge >= 0.3 is 0 Å². The molecule has 3 N–H and O–H groups in total. The zero-order chi connectivity index (χ0) is 13.5. The Kier molecular flexibility index (Phi) is 3.11. The average molecular weight is 258 g/mol. The molecular weight excluding hydrogens is 236 g/mol. The fourth-order valence-corrected chi connectivity index (χ4v) is 3.50. The molecule has 3 nitrogen and oxygen atoms in total. The monoisotopic (exact) mass is 258 g/mol. The fraction of sp³-hybridized carbons (Fsp3) is 0.500. The van der Waals surface area contributed by atoms with E-state index in [2.05, 4.69) is 37.0 Å². The molecule has 1 fully saturated rings. The Morgan fingerprint density at radius 3 is 2.68 bits per heavy atom. The van der Waals surface area contributed by atoms with Gasteiger partial charge in [-0.1, -0.05) is 18.2 Å². The first kappa shape index (κ1) is 12.7. The second kappa shape index (κ2) is 4.66. The number of hydrogen-bond acceptors (Lipinski definition) is 2. The van der Waals surface area contributed by atoms with Crippen molar-refractivity contribution in [1.29, 1.82) is 0 Å². The van der Waals surface area contributed by atoms with Gasteiger partial charge in [0.2, 0.25) is 0 Å². The first-order chi connectivity index (χ1) is 9.18. The Morgan fingerprint density at radius 2 is 2.00 bits per heavy atom. The number of ether oxygens (including phenoxy) is 1. The molecule has 0 spiro atoms. The van der Waals surface area contributed by atoms with E-state index in [4.69, 9.17) is 10.5 Å². The summed E-state index contributed by atoms with van der Waals surface area (Å²) in [6.07, 6.45) is 2.04. The van der Waals surface area contributed by atoms with E-state index in [0.29, 0.717) is 6.54 Å². The lowest BCUT2D eigenvalue weighted by Crippen LogP contribution is -2.41. The third-order valence-electron chi connectivity index (χ3n) is 4.60. The van der Waals surface area contributed by atoms with Crippen LogP contribution < -0.4 is 5.73 Å². The van der Waals surface area contributed by atoms with Crippen LogP contribution in [0.25, 0.3) is 10.9 Å². The SMILES string of the molecule is Cc1[nH]c2c(C)cccc2c1C1(CN)CCOCC1. The van der Waals surface area contributed by atoms with Gasteiger partial charge in [-0.05, 0) is 37.8 Å². The number of nitrogens with two attached hydrogens (primary N) is 1. The molecule has 0 saturated carbocycles.